The molecule has 6 nitrogen and oxygen atoms in total. The molecule has 118 valence electrons. The molecule has 7 heteroatoms. The molecule has 0 aliphatic heterocycles. The van der Waals surface area contributed by atoms with Gasteiger partial charge in [0.1, 0.15) is 0 Å². The average Bonchev–Trinajstić information content (AvgIpc) is 3.18. The summed E-state index contributed by atoms with van der Waals surface area (Å²) in [6.07, 6.45) is 2.08. The summed E-state index contributed by atoms with van der Waals surface area (Å²) in [6, 6.07) is 8.93. The summed E-state index contributed by atoms with van der Waals surface area (Å²) in [6.45, 7) is 1.93. The van der Waals surface area contributed by atoms with E-state index in [1.54, 1.807) is 24.3 Å². The number of rotatable bonds is 5. The minimum absolute atomic E-state index is 0.173. The van der Waals surface area contributed by atoms with Gasteiger partial charge in [-0.15, -0.1) is 0 Å². The van der Waals surface area contributed by atoms with Crippen LogP contribution in [0.1, 0.15) is 17.9 Å². The zero-order valence-electron chi connectivity index (χ0n) is 12.4. The molecule has 23 heavy (non-hydrogen) atoms. The SMILES string of the molecule is Cc1ccc(NC(=O)CCc2nc(-c3ccco3)no2)c(Cl)c1. The summed E-state index contributed by atoms with van der Waals surface area (Å²) in [5.41, 5.74) is 1.62. The Kier molecular flexibility index (Phi) is 4.43. The molecular weight excluding hydrogens is 318 g/mol. The molecule has 1 aromatic carbocycles. The highest BCUT2D eigenvalue weighted by Gasteiger charge is 2.13. The fourth-order valence-electron chi connectivity index (χ4n) is 2.02. The van der Waals surface area contributed by atoms with Gasteiger partial charge in [0.05, 0.1) is 17.0 Å². The van der Waals surface area contributed by atoms with Crippen LogP contribution in [-0.4, -0.2) is 16.0 Å². The number of hydrogen-bond acceptors (Lipinski definition) is 5. The molecule has 3 rings (SSSR count). The van der Waals surface area contributed by atoms with Gasteiger partial charge in [-0.05, 0) is 36.8 Å². The molecule has 0 spiro atoms. The molecule has 0 radical (unpaired) electrons. The van der Waals surface area contributed by atoms with Crippen LogP contribution in [0, 0.1) is 6.92 Å². The number of amides is 1. The van der Waals surface area contributed by atoms with E-state index in [-0.39, 0.29) is 12.3 Å². The second-order valence-electron chi connectivity index (χ2n) is 5.02. The smallest absolute Gasteiger partial charge is 0.238 e. The molecule has 2 heterocycles. The van der Waals surface area contributed by atoms with Crippen LogP contribution >= 0.6 is 11.6 Å². The fraction of sp³-hybridized carbons (Fsp3) is 0.188. The Morgan fingerprint density at radius 2 is 2.22 bits per heavy atom. The van der Waals surface area contributed by atoms with Gasteiger partial charge in [0.15, 0.2) is 5.76 Å². The number of hydrogen-bond donors (Lipinski definition) is 1. The van der Waals surface area contributed by atoms with Crippen LogP contribution in [0.15, 0.2) is 45.5 Å². The quantitative estimate of drug-likeness (QED) is 0.767. The average molecular weight is 332 g/mol. The van der Waals surface area contributed by atoms with Gasteiger partial charge in [-0.1, -0.05) is 22.8 Å². The first kappa shape index (κ1) is 15.3. The van der Waals surface area contributed by atoms with Gasteiger partial charge in [0, 0.05) is 12.8 Å². The van der Waals surface area contributed by atoms with E-state index < -0.39 is 0 Å². The van der Waals surface area contributed by atoms with Crippen LogP contribution in [0.2, 0.25) is 5.02 Å². The Bertz CT molecular complexity index is 812. The summed E-state index contributed by atoms with van der Waals surface area (Å²) in [5, 5.41) is 7.08. The highest BCUT2D eigenvalue weighted by molar-refractivity contribution is 6.33. The standard InChI is InChI=1S/C16H14ClN3O3/c1-10-4-5-12(11(17)9-10)18-14(21)6-7-15-19-16(20-23-15)13-3-2-8-22-13/h2-5,8-9H,6-7H2,1H3,(H,18,21). The molecule has 0 aliphatic rings. The maximum Gasteiger partial charge on any atom is 0.238 e. The van der Waals surface area contributed by atoms with E-state index in [4.69, 9.17) is 20.5 Å². The first-order valence-corrected chi connectivity index (χ1v) is 7.42. The van der Waals surface area contributed by atoms with Crippen molar-refractivity contribution in [3.05, 3.63) is 53.1 Å². The summed E-state index contributed by atoms with van der Waals surface area (Å²) < 4.78 is 10.3. The third-order valence-corrected chi connectivity index (χ3v) is 3.49. The Balaban J connectivity index is 1.57. The summed E-state index contributed by atoms with van der Waals surface area (Å²) in [7, 11) is 0. The number of anilines is 1. The summed E-state index contributed by atoms with van der Waals surface area (Å²) >= 11 is 6.09. The van der Waals surface area contributed by atoms with Crippen molar-refractivity contribution in [2.45, 2.75) is 19.8 Å². The largest absolute Gasteiger partial charge is 0.461 e. The molecule has 2 aromatic heterocycles. The van der Waals surface area contributed by atoms with Crippen LogP contribution in [0.4, 0.5) is 5.69 Å². The highest BCUT2D eigenvalue weighted by atomic mass is 35.5. The second-order valence-corrected chi connectivity index (χ2v) is 5.43. The topological polar surface area (TPSA) is 81.2 Å². The Labute approximate surface area is 137 Å². The summed E-state index contributed by atoms with van der Waals surface area (Å²) in [4.78, 5) is 16.2. The van der Waals surface area contributed by atoms with Crippen LogP contribution in [0.25, 0.3) is 11.6 Å². The lowest BCUT2D eigenvalue weighted by molar-refractivity contribution is -0.116. The molecule has 3 aromatic rings. The number of furan rings is 1. The maximum absolute atomic E-state index is 12.0. The van der Waals surface area contributed by atoms with E-state index >= 15 is 0 Å². The Hall–Kier alpha value is -2.60. The number of nitrogens with zero attached hydrogens (tertiary/aromatic N) is 2. The van der Waals surface area contributed by atoms with E-state index in [1.165, 1.54) is 6.26 Å². The van der Waals surface area contributed by atoms with Gasteiger partial charge in [0.2, 0.25) is 17.6 Å². The number of nitrogens with one attached hydrogen (secondary N) is 1. The van der Waals surface area contributed by atoms with E-state index in [1.807, 2.05) is 13.0 Å². The zero-order valence-corrected chi connectivity index (χ0v) is 13.1. The monoisotopic (exact) mass is 331 g/mol. The van der Waals surface area contributed by atoms with Crippen molar-refractivity contribution in [2.24, 2.45) is 0 Å². The predicted octanol–water partition coefficient (Wildman–Crippen LogP) is 3.86. The molecule has 0 bridgehead atoms. The van der Waals surface area contributed by atoms with Crippen LogP contribution in [-0.2, 0) is 11.2 Å². The molecule has 0 saturated carbocycles. The van der Waals surface area contributed by atoms with Crippen molar-refractivity contribution in [1.29, 1.82) is 0 Å². The molecule has 0 fully saturated rings. The van der Waals surface area contributed by atoms with Gasteiger partial charge >= 0.3 is 0 Å². The lowest BCUT2D eigenvalue weighted by Crippen LogP contribution is -2.12. The van der Waals surface area contributed by atoms with E-state index in [0.717, 1.165) is 5.56 Å². The van der Waals surface area contributed by atoms with Crippen molar-refractivity contribution < 1.29 is 13.7 Å². The molecular formula is C16H14ClN3O3. The maximum atomic E-state index is 12.0. The predicted molar refractivity (Wildman–Crippen MR) is 85.1 cm³/mol. The van der Waals surface area contributed by atoms with E-state index in [2.05, 4.69) is 15.5 Å². The van der Waals surface area contributed by atoms with Gasteiger partial charge in [-0.3, -0.25) is 4.79 Å². The number of aromatic nitrogens is 2. The minimum atomic E-state index is -0.173. The van der Waals surface area contributed by atoms with Crippen molar-refractivity contribution >= 4 is 23.2 Å². The number of aryl methyl sites for hydroxylation is 2. The van der Waals surface area contributed by atoms with Crippen molar-refractivity contribution in [3.8, 4) is 11.6 Å². The molecule has 0 aliphatic carbocycles. The van der Waals surface area contributed by atoms with Gasteiger partial charge in [-0.25, -0.2) is 0 Å². The number of carbonyl (C=O) groups is 1. The van der Waals surface area contributed by atoms with Crippen molar-refractivity contribution in [1.82, 2.24) is 10.1 Å². The van der Waals surface area contributed by atoms with Crippen LogP contribution in [0.5, 0.6) is 0 Å². The molecule has 0 saturated heterocycles. The van der Waals surface area contributed by atoms with Crippen molar-refractivity contribution in [2.75, 3.05) is 5.32 Å². The van der Waals surface area contributed by atoms with E-state index in [0.29, 0.717) is 34.6 Å². The summed E-state index contributed by atoms with van der Waals surface area (Å²) in [5.74, 6) is 1.10. The number of halogens is 1. The molecule has 0 unspecified atom stereocenters. The third-order valence-electron chi connectivity index (χ3n) is 3.17. The van der Waals surface area contributed by atoms with Gasteiger partial charge < -0.3 is 14.3 Å². The Morgan fingerprint density at radius 3 is 2.96 bits per heavy atom. The Morgan fingerprint density at radius 1 is 1.35 bits per heavy atom. The second kappa shape index (κ2) is 6.66. The van der Waals surface area contributed by atoms with Gasteiger partial charge in [-0.2, -0.15) is 4.98 Å². The lowest BCUT2D eigenvalue weighted by Gasteiger charge is -2.07. The molecule has 1 N–H and O–H groups in total. The lowest BCUT2D eigenvalue weighted by atomic mass is 10.2. The fourth-order valence-corrected chi connectivity index (χ4v) is 2.30. The molecule has 0 atom stereocenters. The molecule has 1 amide bonds. The minimum Gasteiger partial charge on any atom is -0.461 e. The highest BCUT2D eigenvalue weighted by Crippen LogP contribution is 2.23. The normalized spacial score (nSPS) is 10.7. The van der Waals surface area contributed by atoms with E-state index in [9.17, 15) is 4.79 Å². The first-order chi connectivity index (χ1) is 11.1. The third kappa shape index (κ3) is 3.78. The van der Waals surface area contributed by atoms with Gasteiger partial charge in [0.25, 0.3) is 0 Å². The zero-order chi connectivity index (χ0) is 16.2. The number of carbonyl (C=O) groups excluding carboxylic acids is 1. The first-order valence-electron chi connectivity index (χ1n) is 7.04. The van der Waals surface area contributed by atoms with Crippen molar-refractivity contribution in [3.63, 3.8) is 0 Å². The van der Waals surface area contributed by atoms with Crippen LogP contribution in [0.3, 0.4) is 0 Å². The number of benzene rings is 1. The van der Waals surface area contributed by atoms with Crippen LogP contribution < -0.4 is 5.32 Å².